The van der Waals surface area contributed by atoms with Gasteiger partial charge in [0.15, 0.2) is 0 Å². The van der Waals surface area contributed by atoms with Crippen molar-refractivity contribution in [1.82, 2.24) is 0 Å². The lowest BCUT2D eigenvalue weighted by molar-refractivity contribution is 0.304. The van der Waals surface area contributed by atoms with Crippen molar-refractivity contribution in [3.8, 4) is 5.75 Å². The summed E-state index contributed by atoms with van der Waals surface area (Å²) in [6.45, 7) is 7.88. The first kappa shape index (κ1) is 11.3. The molecule has 1 heterocycles. The molecule has 0 fully saturated rings. The average Bonchev–Trinajstić information content (AvgIpc) is 2.28. The van der Waals surface area contributed by atoms with Gasteiger partial charge in [-0.1, -0.05) is 19.9 Å². The second kappa shape index (κ2) is 4.74. The van der Waals surface area contributed by atoms with E-state index in [1.807, 2.05) is 0 Å². The fraction of sp³-hybridized carbons (Fsp3) is 0.538. The Morgan fingerprint density at radius 1 is 1.44 bits per heavy atom. The molecule has 0 amide bonds. The summed E-state index contributed by atoms with van der Waals surface area (Å²) in [7, 11) is 0. The van der Waals surface area contributed by atoms with Gasteiger partial charge < -0.3 is 15.4 Å². The lowest BCUT2D eigenvalue weighted by Crippen LogP contribution is -2.35. The van der Waals surface area contributed by atoms with E-state index in [0.717, 1.165) is 31.0 Å². The summed E-state index contributed by atoms with van der Waals surface area (Å²) >= 11 is 0. The van der Waals surface area contributed by atoms with Crippen LogP contribution in [0.1, 0.15) is 19.4 Å². The quantitative estimate of drug-likeness (QED) is 0.846. The zero-order valence-corrected chi connectivity index (χ0v) is 10.1. The van der Waals surface area contributed by atoms with Crippen molar-refractivity contribution in [3.05, 3.63) is 23.8 Å². The van der Waals surface area contributed by atoms with Gasteiger partial charge in [0.25, 0.3) is 0 Å². The van der Waals surface area contributed by atoms with Crippen molar-refractivity contribution in [2.24, 2.45) is 11.7 Å². The highest BCUT2D eigenvalue weighted by atomic mass is 16.5. The van der Waals surface area contributed by atoms with Crippen LogP contribution in [0.15, 0.2) is 18.2 Å². The summed E-state index contributed by atoms with van der Waals surface area (Å²) in [4.78, 5) is 2.39. The molecule has 0 saturated heterocycles. The molecule has 1 aromatic carbocycles. The number of hydrogen-bond donors (Lipinski definition) is 1. The highest BCUT2D eigenvalue weighted by Gasteiger charge is 2.18. The minimum absolute atomic E-state index is 0.570. The number of hydrogen-bond acceptors (Lipinski definition) is 3. The van der Waals surface area contributed by atoms with Crippen molar-refractivity contribution in [2.75, 3.05) is 24.6 Å². The molecule has 3 nitrogen and oxygen atoms in total. The molecule has 2 rings (SSSR count). The Bertz CT molecular complexity index is 363. The number of ether oxygens (including phenoxy) is 1. The third-order valence-electron chi connectivity index (χ3n) is 2.80. The topological polar surface area (TPSA) is 38.5 Å². The van der Waals surface area contributed by atoms with E-state index in [9.17, 15) is 0 Å². The molecule has 1 aromatic rings. The third-order valence-corrected chi connectivity index (χ3v) is 2.80. The Labute approximate surface area is 97.2 Å². The largest absolute Gasteiger partial charge is 0.490 e. The molecule has 0 atom stereocenters. The molecule has 16 heavy (non-hydrogen) atoms. The van der Waals surface area contributed by atoms with E-state index in [1.165, 1.54) is 5.69 Å². The van der Waals surface area contributed by atoms with Crippen LogP contribution in [0.4, 0.5) is 5.69 Å². The maximum absolute atomic E-state index is 5.68. The van der Waals surface area contributed by atoms with E-state index in [1.54, 1.807) is 0 Å². The average molecular weight is 220 g/mol. The van der Waals surface area contributed by atoms with Crippen LogP contribution in [-0.2, 0) is 6.54 Å². The zero-order chi connectivity index (χ0) is 11.5. The maximum Gasteiger partial charge on any atom is 0.143 e. The fourth-order valence-electron chi connectivity index (χ4n) is 2.08. The van der Waals surface area contributed by atoms with E-state index in [2.05, 4.69) is 36.9 Å². The smallest absolute Gasteiger partial charge is 0.143 e. The van der Waals surface area contributed by atoms with E-state index in [4.69, 9.17) is 10.5 Å². The van der Waals surface area contributed by atoms with Crippen molar-refractivity contribution < 1.29 is 4.74 Å². The molecule has 0 saturated carbocycles. The predicted octanol–water partition coefficient (Wildman–Crippen LogP) is 2.00. The van der Waals surface area contributed by atoms with Crippen LogP contribution >= 0.6 is 0 Å². The summed E-state index contributed by atoms with van der Waals surface area (Å²) < 4.78 is 5.68. The number of nitrogens with zero attached hydrogens (tertiary/aromatic N) is 1. The minimum Gasteiger partial charge on any atom is -0.490 e. The van der Waals surface area contributed by atoms with Gasteiger partial charge in [0.2, 0.25) is 0 Å². The molecule has 0 spiro atoms. The summed E-state index contributed by atoms with van der Waals surface area (Å²) in [5, 5.41) is 0. The van der Waals surface area contributed by atoms with Gasteiger partial charge in [-0.2, -0.15) is 0 Å². The molecule has 1 aliphatic rings. The lowest BCUT2D eigenvalue weighted by atomic mass is 10.1. The van der Waals surface area contributed by atoms with E-state index >= 15 is 0 Å². The van der Waals surface area contributed by atoms with E-state index < -0.39 is 0 Å². The first-order valence-corrected chi connectivity index (χ1v) is 5.91. The van der Waals surface area contributed by atoms with Gasteiger partial charge in [0.05, 0.1) is 12.2 Å². The number of benzene rings is 1. The van der Waals surface area contributed by atoms with Crippen molar-refractivity contribution in [1.29, 1.82) is 0 Å². The molecule has 88 valence electrons. The maximum atomic E-state index is 5.68. The Balaban J connectivity index is 2.25. The molecule has 2 N–H and O–H groups in total. The Morgan fingerprint density at radius 2 is 2.25 bits per heavy atom. The fourth-order valence-corrected chi connectivity index (χ4v) is 2.08. The van der Waals surface area contributed by atoms with E-state index in [0.29, 0.717) is 12.5 Å². The predicted molar refractivity (Wildman–Crippen MR) is 66.9 cm³/mol. The van der Waals surface area contributed by atoms with Crippen LogP contribution in [0.5, 0.6) is 5.75 Å². The van der Waals surface area contributed by atoms with Crippen LogP contribution in [0.3, 0.4) is 0 Å². The molecule has 0 unspecified atom stereocenters. The summed E-state index contributed by atoms with van der Waals surface area (Å²) in [5.41, 5.74) is 7.96. The van der Waals surface area contributed by atoms with Crippen LogP contribution in [0.25, 0.3) is 0 Å². The SMILES string of the molecule is CC(C)CN1CCOc2cc(CN)ccc21. The molecule has 0 bridgehead atoms. The lowest BCUT2D eigenvalue weighted by Gasteiger charge is -2.32. The Morgan fingerprint density at radius 3 is 2.94 bits per heavy atom. The zero-order valence-electron chi connectivity index (χ0n) is 10.1. The standard InChI is InChI=1S/C13H20N2O/c1-10(2)9-15-5-6-16-13-7-11(8-14)3-4-12(13)15/h3-4,7,10H,5-6,8-9,14H2,1-2H3. The van der Waals surface area contributed by atoms with Gasteiger partial charge in [-0.15, -0.1) is 0 Å². The number of fused-ring (bicyclic) bond motifs is 1. The van der Waals surface area contributed by atoms with Crippen LogP contribution < -0.4 is 15.4 Å². The molecular formula is C13H20N2O. The van der Waals surface area contributed by atoms with Gasteiger partial charge in [-0.25, -0.2) is 0 Å². The van der Waals surface area contributed by atoms with Gasteiger partial charge in [-0.3, -0.25) is 0 Å². The first-order valence-electron chi connectivity index (χ1n) is 5.91. The highest BCUT2D eigenvalue weighted by molar-refractivity contribution is 5.61. The van der Waals surface area contributed by atoms with Crippen LogP contribution in [0, 0.1) is 5.92 Å². The second-order valence-electron chi connectivity index (χ2n) is 4.69. The molecule has 1 aliphatic heterocycles. The molecule has 3 heteroatoms. The highest BCUT2D eigenvalue weighted by Crippen LogP contribution is 2.32. The summed E-state index contributed by atoms with van der Waals surface area (Å²) in [6.07, 6.45) is 0. The van der Waals surface area contributed by atoms with Crippen LogP contribution in [0.2, 0.25) is 0 Å². The van der Waals surface area contributed by atoms with Crippen molar-refractivity contribution in [3.63, 3.8) is 0 Å². The normalized spacial score (nSPS) is 14.9. The van der Waals surface area contributed by atoms with Gasteiger partial charge in [-0.05, 0) is 23.6 Å². The Hall–Kier alpha value is -1.22. The molecule has 0 aromatic heterocycles. The van der Waals surface area contributed by atoms with Crippen LogP contribution in [-0.4, -0.2) is 19.7 Å². The summed E-state index contributed by atoms with van der Waals surface area (Å²) in [6, 6.07) is 6.27. The molecule has 0 aliphatic carbocycles. The monoisotopic (exact) mass is 220 g/mol. The number of nitrogens with two attached hydrogens (primary N) is 1. The number of anilines is 1. The van der Waals surface area contributed by atoms with E-state index in [-0.39, 0.29) is 0 Å². The second-order valence-corrected chi connectivity index (χ2v) is 4.69. The van der Waals surface area contributed by atoms with Gasteiger partial charge >= 0.3 is 0 Å². The van der Waals surface area contributed by atoms with Gasteiger partial charge in [0.1, 0.15) is 12.4 Å². The minimum atomic E-state index is 0.570. The van der Waals surface area contributed by atoms with Crippen molar-refractivity contribution in [2.45, 2.75) is 20.4 Å². The molecular weight excluding hydrogens is 200 g/mol. The van der Waals surface area contributed by atoms with Gasteiger partial charge in [0, 0.05) is 13.1 Å². The Kier molecular flexibility index (Phi) is 3.34. The molecule has 0 radical (unpaired) electrons. The third kappa shape index (κ3) is 2.30. The van der Waals surface area contributed by atoms with Crippen molar-refractivity contribution >= 4 is 5.69 Å². The first-order chi connectivity index (χ1) is 7.70. The number of rotatable bonds is 3. The summed E-state index contributed by atoms with van der Waals surface area (Å²) in [5.74, 6) is 1.65.